The monoisotopic (exact) mass is 444 g/mol. The van der Waals surface area contributed by atoms with Crippen LogP contribution in [0.5, 0.6) is 0 Å². The molecule has 0 aromatic heterocycles. The molecule has 170 valence electrons. The van der Waals surface area contributed by atoms with Crippen molar-refractivity contribution in [2.24, 2.45) is 17.3 Å². The summed E-state index contributed by atoms with van der Waals surface area (Å²) in [6.07, 6.45) is -21.7. The Bertz CT molecular complexity index is 618. The van der Waals surface area contributed by atoms with Gasteiger partial charge in [-0.2, -0.15) is 39.5 Å². The Morgan fingerprint density at radius 2 is 1.28 bits per heavy atom. The lowest BCUT2D eigenvalue weighted by Crippen LogP contribution is -2.58. The molecule has 0 bridgehead atoms. The molecule has 4 unspecified atom stereocenters. The number of carbonyl (C=O) groups excluding carboxylic acids is 1. The summed E-state index contributed by atoms with van der Waals surface area (Å²) < 4.78 is 125. The molecular weight excluding hydrogens is 423 g/mol. The molecule has 1 saturated carbocycles. The van der Waals surface area contributed by atoms with Gasteiger partial charge in [0, 0.05) is 11.5 Å². The average Bonchev–Trinajstić information content (AvgIpc) is 2.50. The third kappa shape index (κ3) is 4.83. The van der Waals surface area contributed by atoms with Crippen molar-refractivity contribution >= 4 is 5.97 Å². The molecule has 0 aromatic carbocycles. The topological polar surface area (TPSA) is 46.5 Å². The molecule has 0 spiro atoms. The molecular formula is C17H21F9O3. The van der Waals surface area contributed by atoms with Gasteiger partial charge in [0.25, 0.3) is 0 Å². The number of halogens is 9. The second kappa shape index (κ2) is 7.66. The SMILES string of the molecule is C=C(C)C(=O)OC1CC(C(C)(O)C(F)(F)F)CC(C(C)(C(F)(F)F)C(F)(F)F)C1. The normalized spacial score (nSPS) is 26.6. The molecule has 1 aliphatic carbocycles. The molecule has 1 aliphatic rings. The Kier molecular flexibility index (Phi) is 6.76. The van der Waals surface area contributed by atoms with E-state index >= 15 is 0 Å². The smallest absolute Gasteiger partial charge is 0.417 e. The summed E-state index contributed by atoms with van der Waals surface area (Å²) in [5, 5.41) is 9.88. The first-order valence-corrected chi connectivity index (χ1v) is 8.45. The van der Waals surface area contributed by atoms with Crippen molar-refractivity contribution in [1.82, 2.24) is 0 Å². The van der Waals surface area contributed by atoms with Crippen molar-refractivity contribution in [3.63, 3.8) is 0 Å². The van der Waals surface area contributed by atoms with E-state index in [0.29, 0.717) is 0 Å². The van der Waals surface area contributed by atoms with Crippen LogP contribution in [-0.4, -0.2) is 41.3 Å². The van der Waals surface area contributed by atoms with Gasteiger partial charge in [-0.25, -0.2) is 4.79 Å². The average molecular weight is 444 g/mol. The summed E-state index contributed by atoms with van der Waals surface area (Å²) in [7, 11) is 0. The third-order valence-corrected chi connectivity index (χ3v) is 5.65. The number of ether oxygens (including phenoxy) is 1. The number of alkyl halides is 9. The summed E-state index contributed by atoms with van der Waals surface area (Å²) in [6, 6.07) is 0. The van der Waals surface area contributed by atoms with Gasteiger partial charge in [-0.1, -0.05) is 6.58 Å². The van der Waals surface area contributed by atoms with Crippen LogP contribution < -0.4 is 0 Å². The molecule has 0 aromatic rings. The zero-order valence-corrected chi connectivity index (χ0v) is 15.7. The van der Waals surface area contributed by atoms with Gasteiger partial charge in [-0.15, -0.1) is 0 Å². The molecule has 1 N–H and O–H groups in total. The molecule has 0 heterocycles. The minimum atomic E-state index is -5.84. The Morgan fingerprint density at radius 3 is 1.62 bits per heavy atom. The number of esters is 1. The summed E-state index contributed by atoms with van der Waals surface area (Å²) in [5.41, 5.74) is -8.19. The minimum Gasteiger partial charge on any atom is -0.459 e. The molecule has 0 amide bonds. The van der Waals surface area contributed by atoms with Crippen LogP contribution in [0.25, 0.3) is 0 Å². The van der Waals surface area contributed by atoms with Crippen LogP contribution in [-0.2, 0) is 9.53 Å². The van der Waals surface area contributed by atoms with E-state index in [2.05, 4.69) is 6.58 Å². The van der Waals surface area contributed by atoms with Crippen molar-refractivity contribution in [2.45, 2.75) is 70.3 Å². The quantitative estimate of drug-likeness (QED) is 0.362. The lowest BCUT2D eigenvalue weighted by atomic mass is 9.62. The van der Waals surface area contributed by atoms with Gasteiger partial charge in [0.15, 0.2) is 11.0 Å². The first-order chi connectivity index (χ1) is 12.7. The molecule has 0 saturated heterocycles. The van der Waals surface area contributed by atoms with Crippen LogP contribution in [0.2, 0.25) is 0 Å². The van der Waals surface area contributed by atoms with Gasteiger partial charge in [0.05, 0.1) is 0 Å². The fraction of sp³-hybridized carbons (Fsp3) is 0.824. The lowest BCUT2D eigenvalue weighted by Gasteiger charge is -2.48. The molecule has 3 nitrogen and oxygen atoms in total. The van der Waals surface area contributed by atoms with Gasteiger partial charge < -0.3 is 9.84 Å². The van der Waals surface area contributed by atoms with Crippen molar-refractivity contribution in [3.05, 3.63) is 12.2 Å². The fourth-order valence-electron chi connectivity index (χ4n) is 3.40. The standard InChI is InChI=1S/C17H21F9O3/c1-8(2)12(27)29-11-6-9(13(3,15(18,19)20)16(21,22)23)5-10(7-11)14(4,28)17(24,25)26/h9-11,28H,1,5-7H2,2-4H3. The Balaban J connectivity index is 3.46. The summed E-state index contributed by atoms with van der Waals surface area (Å²) in [5.74, 6) is -5.65. The van der Waals surface area contributed by atoms with Crippen LogP contribution >= 0.6 is 0 Å². The lowest BCUT2D eigenvalue weighted by molar-refractivity contribution is -0.360. The molecule has 29 heavy (non-hydrogen) atoms. The van der Waals surface area contributed by atoms with Crippen molar-refractivity contribution in [1.29, 1.82) is 0 Å². The van der Waals surface area contributed by atoms with E-state index < -0.39 is 72.7 Å². The van der Waals surface area contributed by atoms with Gasteiger partial charge in [0.1, 0.15) is 6.10 Å². The van der Waals surface area contributed by atoms with Crippen molar-refractivity contribution < 1.29 is 54.2 Å². The Morgan fingerprint density at radius 1 is 0.862 bits per heavy atom. The number of rotatable bonds is 4. The largest absolute Gasteiger partial charge is 0.459 e. The predicted octanol–water partition coefficient (Wildman–Crippen LogP) is 5.33. The number of hydrogen-bond donors (Lipinski definition) is 1. The highest BCUT2D eigenvalue weighted by Gasteiger charge is 2.72. The fourth-order valence-corrected chi connectivity index (χ4v) is 3.40. The van der Waals surface area contributed by atoms with Gasteiger partial charge in [-0.3, -0.25) is 0 Å². The molecule has 1 fully saturated rings. The van der Waals surface area contributed by atoms with Crippen LogP contribution in [0.4, 0.5) is 39.5 Å². The maximum Gasteiger partial charge on any atom is 0.417 e. The van der Waals surface area contributed by atoms with Crippen LogP contribution in [0.15, 0.2) is 12.2 Å². The summed E-state index contributed by atoms with van der Waals surface area (Å²) in [4.78, 5) is 11.7. The minimum absolute atomic E-state index is 0.139. The highest BCUT2D eigenvalue weighted by atomic mass is 19.4. The maximum atomic E-state index is 13.4. The summed E-state index contributed by atoms with van der Waals surface area (Å²) in [6.45, 7) is 4.50. The van der Waals surface area contributed by atoms with Crippen molar-refractivity contribution in [3.8, 4) is 0 Å². The number of hydrogen-bond acceptors (Lipinski definition) is 3. The Labute approximate surface area is 160 Å². The third-order valence-electron chi connectivity index (χ3n) is 5.65. The second-order valence-corrected chi connectivity index (χ2v) is 7.75. The van der Waals surface area contributed by atoms with E-state index in [0.717, 1.165) is 6.92 Å². The molecule has 4 atom stereocenters. The van der Waals surface area contributed by atoms with Crippen LogP contribution in [0, 0.1) is 17.3 Å². The zero-order valence-electron chi connectivity index (χ0n) is 15.7. The van der Waals surface area contributed by atoms with E-state index in [9.17, 15) is 49.4 Å². The van der Waals surface area contributed by atoms with E-state index in [1.807, 2.05) is 0 Å². The predicted molar refractivity (Wildman–Crippen MR) is 82.4 cm³/mol. The molecule has 0 aliphatic heterocycles. The summed E-state index contributed by atoms with van der Waals surface area (Å²) >= 11 is 0. The first-order valence-electron chi connectivity index (χ1n) is 8.45. The molecule has 1 rings (SSSR count). The van der Waals surface area contributed by atoms with E-state index in [4.69, 9.17) is 4.74 Å². The van der Waals surface area contributed by atoms with Gasteiger partial charge in [0.2, 0.25) is 0 Å². The number of aliphatic hydroxyl groups is 1. The van der Waals surface area contributed by atoms with E-state index in [1.165, 1.54) is 0 Å². The molecule has 12 heteroatoms. The first kappa shape index (κ1) is 25.6. The van der Waals surface area contributed by atoms with Crippen molar-refractivity contribution in [2.75, 3.05) is 0 Å². The zero-order chi connectivity index (χ0) is 23.2. The van der Waals surface area contributed by atoms with Crippen LogP contribution in [0.1, 0.15) is 40.0 Å². The van der Waals surface area contributed by atoms with Gasteiger partial charge >= 0.3 is 24.5 Å². The Hall–Kier alpha value is -1.46. The molecule has 0 radical (unpaired) electrons. The maximum absolute atomic E-state index is 13.4. The van der Waals surface area contributed by atoms with E-state index in [1.54, 1.807) is 0 Å². The van der Waals surface area contributed by atoms with Crippen LogP contribution in [0.3, 0.4) is 0 Å². The highest BCUT2D eigenvalue weighted by Crippen LogP contribution is 2.60. The van der Waals surface area contributed by atoms with Gasteiger partial charge in [-0.05, 0) is 46.0 Å². The number of carbonyl (C=O) groups is 1. The van der Waals surface area contributed by atoms with E-state index in [-0.39, 0.29) is 19.4 Å². The second-order valence-electron chi connectivity index (χ2n) is 7.75. The highest BCUT2D eigenvalue weighted by molar-refractivity contribution is 5.87.